The van der Waals surface area contributed by atoms with Crippen LogP contribution in [0.25, 0.3) is 34.7 Å². The summed E-state index contributed by atoms with van der Waals surface area (Å²) in [6.45, 7) is 0. The molecule has 2 heterocycles. The van der Waals surface area contributed by atoms with Gasteiger partial charge < -0.3 is 9.32 Å². The van der Waals surface area contributed by atoms with Gasteiger partial charge in [0.2, 0.25) is 11.6 Å². The zero-order chi connectivity index (χ0) is 18.8. The summed E-state index contributed by atoms with van der Waals surface area (Å²) < 4.78 is 7.94. The summed E-state index contributed by atoms with van der Waals surface area (Å²) in [6.07, 6.45) is 6.27. The molecule has 4 aromatic rings. The Labute approximate surface area is 159 Å². The summed E-state index contributed by atoms with van der Waals surface area (Å²) in [6, 6.07) is 20.4. The van der Waals surface area contributed by atoms with Gasteiger partial charge in [-0.1, -0.05) is 24.3 Å². The highest BCUT2D eigenvalue weighted by molar-refractivity contribution is 5.76. The van der Waals surface area contributed by atoms with Gasteiger partial charge in [-0.05, 0) is 42.0 Å². The van der Waals surface area contributed by atoms with Crippen molar-refractivity contribution >= 4 is 28.9 Å². The van der Waals surface area contributed by atoms with Gasteiger partial charge >= 0.3 is 0 Å². The molecule has 0 aliphatic rings. The molecule has 0 aliphatic heterocycles. The largest absolute Gasteiger partial charge is 0.436 e. The van der Waals surface area contributed by atoms with Crippen LogP contribution in [0.2, 0.25) is 0 Å². The molecule has 2 aromatic heterocycles. The van der Waals surface area contributed by atoms with E-state index in [9.17, 15) is 0 Å². The minimum atomic E-state index is 0.640. The van der Waals surface area contributed by atoms with Crippen LogP contribution in [-0.4, -0.2) is 19.1 Å². The number of hydrogen-bond donors (Lipinski definition) is 0. The van der Waals surface area contributed by atoms with Crippen LogP contribution in [0.1, 0.15) is 11.3 Å². The van der Waals surface area contributed by atoms with Gasteiger partial charge in [0.25, 0.3) is 0 Å². The van der Waals surface area contributed by atoms with Crippen molar-refractivity contribution in [2.45, 2.75) is 0 Å². The Morgan fingerprint density at radius 1 is 0.926 bits per heavy atom. The summed E-state index contributed by atoms with van der Waals surface area (Å²) in [5, 5.41) is 0. The first-order valence-electron chi connectivity index (χ1n) is 8.91. The maximum atomic E-state index is 5.86. The van der Waals surface area contributed by atoms with Crippen LogP contribution in [0.4, 0.5) is 5.69 Å². The number of anilines is 1. The average Bonchev–Trinajstić information content (AvgIpc) is 3.11. The van der Waals surface area contributed by atoms with Crippen LogP contribution in [0.3, 0.4) is 0 Å². The van der Waals surface area contributed by atoms with Crippen molar-refractivity contribution < 1.29 is 8.98 Å². The van der Waals surface area contributed by atoms with Gasteiger partial charge in [0.1, 0.15) is 18.1 Å². The highest BCUT2D eigenvalue weighted by atomic mass is 16.3. The number of oxazole rings is 1. The molecule has 4 heteroatoms. The molecule has 134 valence electrons. The van der Waals surface area contributed by atoms with Gasteiger partial charge in [0, 0.05) is 31.9 Å². The molecule has 0 saturated carbocycles. The number of fused-ring (bicyclic) bond motifs is 1. The number of rotatable bonds is 4. The normalized spacial score (nSPS) is 11.4. The Balaban J connectivity index is 1.58. The number of pyridine rings is 1. The molecular weight excluding hydrogens is 334 g/mol. The maximum Gasteiger partial charge on any atom is 0.233 e. The molecule has 0 radical (unpaired) electrons. The van der Waals surface area contributed by atoms with Crippen molar-refractivity contribution in [2.75, 3.05) is 19.0 Å². The lowest BCUT2D eigenvalue weighted by molar-refractivity contribution is -0.672. The quantitative estimate of drug-likeness (QED) is 0.503. The van der Waals surface area contributed by atoms with Gasteiger partial charge in [-0.25, -0.2) is 9.55 Å². The fourth-order valence-corrected chi connectivity index (χ4v) is 2.98. The SMILES string of the molecule is CN(C)c1ccc(/C=C/c2ccc(-c3nc4ccccc4o3)c[n+]2C)cc1. The predicted octanol–water partition coefficient (Wildman–Crippen LogP) is 4.56. The Hall–Kier alpha value is -3.40. The van der Waals surface area contributed by atoms with E-state index in [-0.39, 0.29) is 0 Å². The maximum absolute atomic E-state index is 5.86. The molecule has 0 amide bonds. The third-order valence-corrected chi connectivity index (χ3v) is 4.57. The van der Waals surface area contributed by atoms with Crippen molar-refractivity contribution in [3.63, 3.8) is 0 Å². The standard InChI is InChI=1S/C23H22N3O/c1-25(2)19-12-8-17(9-13-19)10-14-20-15-11-18(16-26(20)3)23-24-21-6-4-5-7-22(21)27-23/h4-16H,1-3H3/q+1. The van der Waals surface area contributed by atoms with Crippen LogP contribution in [0.5, 0.6) is 0 Å². The molecule has 0 fully saturated rings. The minimum absolute atomic E-state index is 0.640. The van der Waals surface area contributed by atoms with E-state index < -0.39 is 0 Å². The Kier molecular flexibility index (Phi) is 4.47. The van der Waals surface area contributed by atoms with Crippen molar-refractivity contribution in [1.82, 2.24) is 4.98 Å². The lowest BCUT2D eigenvalue weighted by atomic mass is 10.1. The van der Waals surface area contributed by atoms with E-state index in [1.165, 1.54) is 11.3 Å². The molecule has 0 aliphatic carbocycles. The van der Waals surface area contributed by atoms with E-state index in [1.54, 1.807) is 0 Å². The fourth-order valence-electron chi connectivity index (χ4n) is 2.98. The highest BCUT2D eigenvalue weighted by Gasteiger charge is 2.12. The van der Waals surface area contributed by atoms with Crippen LogP contribution in [0.15, 0.2) is 71.3 Å². The van der Waals surface area contributed by atoms with Crippen molar-refractivity contribution in [3.8, 4) is 11.5 Å². The predicted molar refractivity (Wildman–Crippen MR) is 110 cm³/mol. The summed E-state index contributed by atoms with van der Waals surface area (Å²) in [5.41, 5.74) is 6.11. The van der Waals surface area contributed by atoms with Crippen molar-refractivity contribution in [3.05, 3.63) is 78.1 Å². The molecule has 27 heavy (non-hydrogen) atoms. The van der Waals surface area contributed by atoms with Gasteiger partial charge in [-0.15, -0.1) is 0 Å². The molecule has 4 rings (SSSR count). The summed E-state index contributed by atoms with van der Waals surface area (Å²) in [5.74, 6) is 0.640. The number of hydrogen-bond acceptors (Lipinski definition) is 3. The number of nitrogens with zero attached hydrogens (tertiary/aromatic N) is 3. The van der Waals surface area contributed by atoms with E-state index in [0.717, 1.165) is 22.4 Å². The number of aryl methyl sites for hydroxylation is 1. The van der Waals surface area contributed by atoms with E-state index in [4.69, 9.17) is 4.42 Å². The summed E-state index contributed by atoms with van der Waals surface area (Å²) in [7, 11) is 6.12. The Morgan fingerprint density at radius 3 is 2.41 bits per heavy atom. The molecule has 0 N–H and O–H groups in total. The van der Waals surface area contributed by atoms with E-state index in [1.807, 2.05) is 57.7 Å². The first kappa shape index (κ1) is 17.0. The molecule has 0 unspecified atom stereocenters. The molecule has 2 aromatic carbocycles. The second-order valence-corrected chi connectivity index (χ2v) is 6.76. The van der Waals surface area contributed by atoms with Gasteiger partial charge in [0.05, 0.1) is 0 Å². The molecule has 0 atom stereocenters. The second-order valence-electron chi connectivity index (χ2n) is 6.76. The Morgan fingerprint density at radius 2 is 1.70 bits per heavy atom. The lowest BCUT2D eigenvalue weighted by Crippen LogP contribution is -2.31. The van der Waals surface area contributed by atoms with E-state index in [2.05, 4.69) is 56.9 Å². The molecule has 0 bridgehead atoms. The number of para-hydroxylation sites is 2. The highest BCUT2D eigenvalue weighted by Crippen LogP contribution is 2.23. The molecular formula is C23H22N3O+. The number of aromatic nitrogens is 2. The average molecular weight is 356 g/mol. The first-order chi connectivity index (χ1) is 13.1. The van der Waals surface area contributed by atoms with Crippen LogP contribution >= 0.6 is 0 Å². The zero-order valence-electron chi connectivity index (χ0n) is 15.8. The van der Waals surface area contributed by atoms with Crippen LogP contribution < -0.4 is 9.47 Å². The smallest absolute Gasteiger partial charge is 0.233 e. The van der Waals surface area contributed by atoms with Gasteiger partial charge in [-0.3, -0.25) is 0 Å². The number of benzene rings is 2. The van der Waals surface area contributed by atoms with E-state index >= 15 is 0 Å². The summed E-state index contributed by atoms with van der Waals surface area (Å²) >= 11 is 0. The lowest BCUT2D eigenvalue weighted by Gasteiger charge is -2.11. The minimum Gasteiger partial charge on any atom is -0.436 e. The second kappa shape index (κ2) is 7.08. The monoisotopic (exact) mass is 356 g/mol. The third kappa shape index (κ3) is 3.60. The molecule has 4 nitrogen and oxygen atoms in total. The third-order valence-electron chi connectivity index (χ3n) is 4.57. The molecule has 0 spiro atoms. The van der Waals surface area contributed by atoms with Crippen molar-refractivity contribution in [1.29, 1.82) is 0 Å². The van der Waals surface area contributed by atoms with Crippen molar-refractivity contribution in [2.24, 2.45) is 7.05 Å². The topological polar surface area (TPSA) is 33.2 Å². The van der Waals surface area contributed by atoms with Crippen LogP contribution in [-0.2, 0) is 7.05 Å². The first-order valence-corrected chi connectivity index (χ1v) is 8.91. The summed E-state index contributed by atoms with van der Waals surface area (Å²) in [4.78, 5) is 6.66. The Bertz CT molecular complexity index is 1080. The fraction of sp³-hybridized carbons (Fsp3) is 0.130. The van der Waals surface area contributed by atoms with Gasteiger partial charge in [0.15, 0.2) is 11.8 Å². The van der Waals surface area contributed by atoms with Gasteiger partial charge in [-0.2, -0.15) is 0 Å². The molecule has 0 saturated heterocycles. The zero-order valence-corrected chi connectivity index (χ0v) is 15.8. The van der Waals surface area contributed by atoms with E-state index in [0.29, 0.717) is 5.89 Å². The van der Waals surface area contributed by atoms with Crippen LogP contribution in [0, 0.1) is 0 Å².